The molecule has 6 heteroatoms. The zero-order chi connectivity index (χ0) is 12.5. The monoisotopic (exact) mass is 236 g/mol. The number of benzene rings is 1. The fourth-order valence-corrected chi connectivity index (χ4v) is 1.09. The maximum atomic E-state index is 13.1. The van der Waals surface area contributed by atoms with E-state index in [1.165, 1.54) is 0 Å². The Morgan fingerprint density at radius 1 is 1.19 bits per heavy atom. The van der Waals surface area contributed by atoms with E-state index in [1.54, 1.807) is 5.92 Å². The Balaban J connectivity index is 3.35. The van der Waals surface area contributed by atoms with E-state index < -0.39 is 35.0 Å². The number of terminal acetylenes is 1. The Hall–Kier alpha value is -1.61. The second-order valence-electron chi connectivity index (χ2n) is 2.92. The van der Waals surface area contributed by atoms with Gasteiger partial charge in [0.1, 0.15) is 17.7 Å². The molecule has 86 valence electrons. The second kappa shape index (κ2) is 4.10. The molecule has 1 atom stereocenters. The van der Waals surface area contributed by atoms with Crippen molar-refractivity contribution in [3.8, 4) is 12.3 Å². The number of aliphatic hydroxyl groups excluding tert-OH is 1. The third-order valence-electron chi connectivity index (χ3n) is 1.84. The van der Waals surface area contributed by atoms with Gasteiger partial charge in [0, 0.05) is 0 Å². The average molecular weight is 236 g/mol. The first-order valence-electron chi connectivity index (χ1n) is 3.97. The van der Waals surface area contributed by atoms with Gasteiger partial charge in [-0.25, -0.2) is 8.78 Å². The van der Waals surface area contributed by atoms with Crippen LogP contribution in [0.25, 0.3) is 0 Å². The molecule has 0 aromatic heterocycles. The van der Waals surface area contributed by atoms with Gasteiger partial charge < -0.3 is 5.11 Å². The molecule has 1 rings (SSSR count). The maximum Gasteiger partial charge on any atom is 0.416 e. The Bertz CT molecular complexity index is 420. The first-order valence-corrected chi connectivity index (χ1v) is 3.97. The summed E-state index contributed by atoms with van der Waals surface area (Å²) in [5.74, 6) is -1.44. The normalized spacial score (nSPS) is 13.3. The van der Waals surface area contributed by atoms with Gasteiger partial charge in [0.15, 0.2) is 0 Å². The van der Waals surface area contributed by atoms with E-state index in [-0.39, 0.29) is 12.1 Å². The van der Waals surface area contributed by atoms with Crippen molar-refractivity contribution in [2.24, 2.45) is 0 Å². The lowest BCUT2D eigenvalue weighted by molar-refractivity contribution is -0.138. The van der Waals surface area contributed by atoms with Crippen LogP contribution in [-0.2, 0) is 6.18 Å². The highest BCUT2D eigenvalue weighted by Crippen LogP contribution is 2.32. The number of hydrogen-bond acceptors (Lipinski definition) is 1. The van der Waals surface area contributed by atoms with Gasteiger partial charge in [-0.3, -0.25) is 0 Å². The van der Waals surface area contributed by atoms with Crippen LogP contribution in [0, 0.1) is 24.0 Å². The van der Waals surface area contributed by atoms with Crippen molar-refractivity contribution in [3.05, 3.63) is 34.9 Å². The second-order valence-corrected chi connectivity index (χ2v) is 2.92. The Kier molecular flexibility index (Phi) is 3.19. The van der Waals surface area contributed by atoms with Crippen LogP contribution in [0.2, 0.25) is 0 Å². The summed E-state index contributed by atoms with van der Waals surface area (Å²) >= 11 is 0. The minimum absolute atomic E-state index is 0.0823. The highest BCUT2D eigenvalue weighted by Gasteiger charge is 2.33. The molecule has 1 aromatic rings. The topological polar surface area (TPSA) is 20.2 Å². The summed E-state index contributed by atoms with van der Waals surface area (Å²) in [6.45, 7) is 0. The number of alkyl halides is 3. The molecule has 0 heterocycles. The van der Waals surface area contributed by atoms with Gasteiger partial charge >= 0.3 is 6.18 Å². The van der Waals surface area contributed by atoms with Crippen molar-refractivity contribution >= 4 is 0 Å². The highest BCUT2D eigenvalue weighted by molar-refractivity contribution is 5.32. The van der Waals surface area contributed by atoms with E-state index in [2.05, 4.69) is 0 Å². The van der Waals surface area contributed by atoms with Gasteiger partial charge in [-0.05, 0) is 12.1 Å². The molecule has 16 heavy (non-hydrogen) atoms. The summed E-state index contributed by atoms with van der Waals surface area (Å²) in [5, 5.41) is 8.99. The summed E-state index contributed by atoms with van der Waals surface area (Å²) in [5.41, 5.74) is -2.44. The molecule has 0 aliphatic rings. The summed E-state index contributed by atoms with van der Waals surface area (Å²) in [4.78, 5) is 0. The fraction of sp³-hybridized carbons (Fsp3) is 0.200. The van der Waals surface area contributed by atoms with Gasteiger partial charge in [0.05, 0.1) is 11.1 Å². The zero-order valence-electron chi connectivity index (χ0n) is 7.65. The predicted molar refractivity (Wildman–Crippen MR) is 45.2 cm³/mol. The lowest BCUT2D eigenvalue weighted by atomic mass is 10.1. The lowest BCUT2D eigenvalue weighted by Crippen LogP contribution is -2.10. The SMILES string of the molecule is C#CC(O)c1c(F)cc(C(F)(F)F)cc1F. The van der Waals surface area contributed by atoms with Crippen LogP contribution in [0.5, 0.6) is 0 Å². The minimum atomic E-state index is -4.86. The molecular formula is C10H5F5O. The average Bonchev–Trinajstić information content (AvgIpc) is 2.14. The molecule has 0 saturated carbocycles. The largest absolute Gasteiger partial charge is 0.416 e. The molecule has 0 radical (unpaired) electrons. The zero-order valence-corrected chi connectivity index (χ0v) is 7.65. The van der Waals surface area contributed by atoms with Crippen LogP contribution in [0.15, 0.2) is 12.1 Å². The highest BCUT2D eigenvalue weighted by atomic mass is 19.4. The molecule has 0 aliphatic carbocycles. The quantitative estimate of drug-likeness (QED) is 0.587. The number of aliphatic hydroxyl groups is 1. The third-order valence-corrected chi connectivity index (χ3v) is 1.84. The van der Waals surface area contributed by atoms with Crippen LogP contribution in [0.3, 0.4) is 0 Å². The molecule has 0 aliphatic heterocycles. The summed E-state index contributed by atoms with van der Waals surface area (Å²) in [6.07, 6.45) is -2.06. The van der Waals surface area contributed by atoms with Gasteiger partial charge in [-0.2, -0.15) is 13.2 Å². The standard InChI is InChI=1S/C10H5F5O/c1-2-8(16)9-6(11)3-5(4-7(9)12)10(13,14)15/h1,3-4,8,16H. The van der Waals surface area contributed by atoms with E-state index >= 15 is 0 Å². The minimum Gasteiger partial charge on any atom is -0.376 e. The molecule has 1 aromatic carbocycles. The van der Waals surface area contributed by atoms with E-state index in [0.29, 0.717) is 0 Å². The molecule has 1 nitrogen and oxygen atoms in total. The molecule has 0 fully saturated rings. The third kappa shape index (κ3) is 2.31. The van der Waals surface area contributed by atoms with Crippen LogP contribution >= 0.6 is 0 Å². The van der Waals surface area contributed by atoms with E-state index in [0.717, 1.165) is 0 Å². The van der Waals surface area contributed by atoms with Crippen molar-refractivity contribution < 1.29 is 27.1 Å². The van der Waals surface area contributed by atoms with E-state index in [1.807, 2.05) is 0 Å². The summed E-state index contributed by atoms with van der Waals surface area (Å²) in [7, 11) is 0. The summed E-state index contributed by atoms with van der Waals surface area (Å²) < 4.78 is 62.5. The van der Waals surface area contributed by atoms with Crippen LogP contribution in [-0.4, -0.2) is 5.11 Å². The summed E-state index contributed by atoms with van der Waals surface area (Å²) in [6, 6.07) is 0.165. The smallest absolute Gasteiger partial charge is 0.376 e. The van der Waals surface area contributed by atoms with Crippen molar-refractivity contribution in [2.45, 2.75) is 12.3 Å². The van der Waals surface area contributed by atoms with Gasteiger partial charge in [-0.15, -0.1) is 6.42 Å². The van der Waals surface area contributed by atoms with Gasteiger partial charge in [0.2, 0.25) is 0 Å². The maximum absolute atomic E-state index is 13.1. The van der Waals surface area contributed by atoms with Crippen molar-refractivity contribution in [2.75, 3.05) is 0 Å². The van der Waals surface area contributed by atoms with Crippen LogP contribution < -0.4 is 0 Å². The Morgan fingerprint density at radius 3 is 1.94 bits per heavy atom. The molecular weight excluding hydrogens is 231 g/mol. The molecule has 0 spiro atoms. The molecule has 0 saturated heterocycles. The molecule has 0 bridgehead atoms. The van der Waals surface area contributed by atoms with Crippen LogP contribution in [0.4, 0.5) is 22.0 Å². The van der Waals surface area contributed by atoms with E-state index in [4.69, 9.17) is 11.5 Å². The van der Waals surface area contributed by atoms with Crippen molar-refractivity contribution in [1.29, 1.82) is 0 Å². The first kappa shape index (κ1) is 12.5. The Labute approximate surface area is 87.5 Å². The van der Waals surface area contributed by atoms with Gasteiger partial charge in [0.25, 0.3) is 0 Å². The number of hydrogen-bond donors (Lipinski definition) is 1. The van der Waals surface area contributed by atoms with Crippen molar-refractivity contribution in [1.82, 2.24) is 0 Å². The van der Waals surface area contributed by atoms with Crippen molar-refractivity contribution in [3.63, 3.8) is 0 Å². The molecule has 1 N–H and O–H groups in total. The Morgan fingerprint density at radius 2 is 1.62 bits per heavy atom. The van der Waals surface area contributed by atoms with Gasteiger partial charge in [-0.1, -0.05) is 5.92 Å². The number of halogens is 5. The molecule has 1 unspecified atom stereocenters. The predicted octanol–water partition coefficient (Wildman–Crippen LogP) is 2.65. The van der Waals surface area contributed by atoms with E-state index in [9.17, 15) is 22.0 Å². The molecule has 0 amide bonds. The number of rotatable bonds is 1. The fourth-order valence-electron chi connectivity index (χ4n) is 1.09. The first-order chi connectivity index (χ1) is 7.27. The van der Waals surface area contributed by atoms with Crippen LogP contribution in [0.1, 0.15) is 17.2 Å². The lowest BCUT2D eigenvalue weighted by Gasteiger charge is -2.11.